The maximum Gasteiger partial charge on any atom is 0.174 e. The van der Waals surface area contributed by atoms with Gasteiger partial charge in [-0.15, -0.1) is 0 Å². The molecule has 6 heteroatoms. The molecule has 0 amide bonds. The van der Waals surface area contributed by atoms with Gasteiger partial charge in [-0.05, 0) is 79.8 Å². The number of rotatable bonds is 6. The fraction of sp³-hybridized carbons (Fsp3) is 0.154. The summed E-state index contributed by atoms with van der Waals surface area (Å²) in [6.45, 7) is 2.62. The summed E-state index contributed by atoms with van der Waals surface area (Å²) >= 11 is 5.84. The van der Waals surface area contributed by atoms with Crippen molar-refractivity contribution in [3.63, 3.8) is 0 Å². The van der Waals surface area contributed by atoms with Gasteiger partial charge in [-0.25, -0.2) is 0 Å². The van der Waals surface area contributed by atoms with Gasteiger partial charge in [0.15, 0.2) is 5.11 Å². The first-order valence-electron chi connectivity index (χ1n) is 10.7. The minimum Gasteiger partial charge on any atom is -0.494 e. The quantitative estimate of drug-likeness (QED) is 0.404. The maximum atomic E-state index is 5.84. The van der Waals surface area contributed by atoms with E-state index in [9.17, 15) is 0 Å². The Morgan fingerprint density at radius 3 is 2.41 bits per heavy atom. The summed E-state index contributed by atoms with van der Waals surface area (Å²) in [5.41, 5.74) is 4.20. The lowest BCUT2D eigenvalue weighted by Gasteiger charge is -2.29. The SMILES string of the molecule is CCOc1ccc(N2C(=S)N[C@@H](c3ccccn3)[C@@H]2c2cccn2-c2ccccc2)cc1. The predicted molar refractivity (Wildman–Crippen MR) is 131 cm³/mol. The van der Waals surface area contributed by atoms with E-state index in [1.54, 1.807) is 0 Å². The molecule has 2 atom stereocenters. The summed E-state index contributed by atoms with van der Waals surface area (Å²) in [5.74, 6) is 0.847. The monoisotopic (exact) mass is 440 g/mol. The van der Waals surface area contributed by atoms with Gasteiger partial charge in [-0.3, -0.25) is 4.98 Å². The molecule has 5 nitrogen and oxygen atoms in total. The smallest absolute Gasteiger partial charge is 0.174 e. The van der Waals surface area contributed by atoms with Crippen molar-refractivity contribution in [3.8, 4) is 11.4 Å². The minimum atomic E-state index is -0.0902. The largest absolute Gasteiger partial charge is 0.494 e. The van der Waals surface area contributed by atoms with E-state index in [0.29, 0.717) is 11.7 Å². The molecule has 1 aliphatic heterocycles. The molecule has 1 aliphatic rings. The molecule has 5 rings (SSSR count). The first-order valence-corrected chi connectivity index (χ1v) is 11.1. The van der Waals surface area contributed by atoms with Gasteiger partial charge in [0.05, 0.1) is 18.3 Å². The highest BCUT2D eigenvalue weighted by Gasteiger charge is 2.42. The molecule has 2 aromatic heterocycles. The number of ether oxygens (including phenoxy) is 1. The Bertz CT molecular complexity index is 1190. The van der Waals surface area contributed by atoms with E-state index in [1.165, 1.54) is 0 Å². The Morgan fingerprint density at radius 1 is 0.906 bits per heavy atom. The minimum absolute atomic E-state index is 0.0782. The van der Waals surface area contributed by atoms with Crippen molar-refractivity contribution in [2.24, 2.45) is 0 Å². The van der Waals surface area contributed by atoms with Crippen molar-refractivity contribution < 1.29 is 4.74 Å². The highest BCUT2D eigenvalue weighted by atomic mass is 32.1. The van der Waals surface area contributed by atoms with E-state index in [0.717, 1.165) is 28.5 Å². The third-order valence-electron chi connectivity index (χ3n) is 5.64. The van der Waals surface area contributed by atoms with Crippen LogP contribution in [0.4, 0.5) is 5.69 Å². The second-order valence-electron chi connectivity index (χ2n) is 7.56. The number of nitrogens with zero attached hydrogens (tertiary/aromatic N) is 3. The van der Waals surface area contributed by atoms with Gasteiger partial charge in [0.1, 0.15) is 11.8 Å². The Balaban J connectivity index is 1.62. The summed E-state index contributed by atoms with van der Waals surface area (Å²) in [6.07, 6.45) is 3.92. The van der Waals surface area contributed by atoms with Crippen molar-refractivity contribution in [1.82, 2.24) is 14.9 Å². The number of anilines is 1. The van der Waals surface area contributed by atoms with Crippen LogP contribution in [0.15, 0.2) is 97.3 Å². The van der Waals surface area contributed by atoms with Crippen LogP contribution in [0.2, 0.25) is 0 Å². The van der Waals surface area contributed by atoms with Crippen molar-refractivity contribution in [3.05, 3.63) is 109 Å². The zero-order chi connectivity index (χ0) is 21.9. The number of nitrogens with one attached hydrogen (secondary N) is 1. The van der Waals surface area contributed by atoms with E-state index in [2.05, 4.69) is 74.5 Å². The Labute approximate surface area is 193 Å². The van der Waals surface area contributed by atoms with E-state index in [1.807, 2.05) is 49.5 Å². The van der Waals surface area contributed by atoms with Crippen molar-refractivity contribution in [1.29, 1.82) is 0 Å². The molecule has 0 bridgehead atoms. The van der Waals surface area contributed by atoms with Gasteiger partial charge >= 0.3 is 0 Å². The molecule has 0 aliphatic carbocycles. The van der Waals surface area contributed by atoms with Crippen LogP contribution in [0.5, 0.6) is 5.75 Å². The summed E-state index contributed by atoms with van der Waals surface area (Å²) in [4.78, 5) is 6.83. The molecule has 1 saturated heterocycles. The van der Waals surface area contributed by atoms with E-state index < -0.39 is 0 Å². The maximum absolute atomic E-state index is 5.84. The number of thiocarbonyl (C=S) groups is 1. The lowest BCUT2D eigenvalue weighted by molar-refractivity contribution is 0.340. The zero-order valence-electron chi connectivity index (χ0n) is 17.8. The molecule has 0 radical (unpaired) electrons. The van der Waals surface area contributed by atoms with Crippen LogP contribution in [0.1, 0.15) is 30.4 Å². The lowest BCUT2D eigenvalue weighted by Crippen LogP contribution is -2.30. The number of aromatic nitrogens is 2. The zero-order valence-corrected chi connectivity index (χ0v) is 18.6. The van der Waals surface area contributed by atoms with Crippen LogP contribution < -0.4 is 15.0 Å². The molecule has 3 heterocycles. The first kappa shape index (κ1) is 20.3. The summed E-state index contributed by atoms with van der Waals surface area (Å²) in [5, 5.41) is 4.20. The average molecular weight is 441 g/mol. The molecule has 1 N–H and O–H groups in total. The van der Waals surface area contributed by atoms with Gasteiger partial charge in [0, 0.05) is 29.5 Å². The van der Waals surface area contributed by atoms with Gasteiger partial charge in [-0.2, -0.15) is 0 Å². The van der Waals surface area contributed by atoms with Crippen LogP contribution in [0.25, 0.3) is 5.69 Å². The Kier molecular flexibility index (Phi) is 5.60. The van der Waals surface area contributed by atoms with Crippen LogP contribution >= 0.6 is 12.2 Å². The number of pyridine rings is 1. The fourth-order valence-corrected chi connectivity index (χ4v) is 4.61. The molecular formula is C26H24N4OS. The standard InChI is InChI=1S/C26H24N4OS/c1-2-31-21-15-13-20(14-16-21)30-25(24(28-26(30)32)22-11-6-7-17-27-22)23-12-8-18-29(23)19-9-4-3-5-10-19/h3-18,24-25H,2H2,1H3,(H,28,32)/t24-,25-/m0/s1. The second kappa shape index (κ2) is 8.85. The van der Waals surface area contributed by atoms with Gasteiger partial charge in [-0.1, -0.05) is 24.3 Å². The molecule has 0 unspecified atom stereocenters. The fourth-order valence-electron chi connectivity index (χ4n) is 4.26. The van der Waals surface area contributed by atoms with Crippen LogP contribution in [0.3, 0.4) is 0 Å². The lowest BCUT2D eigenvalue weighted by atomic mass is 10.0. The Hall–Kier alpha value is -3.64. The molecular weight excluding hydrogens is 416 g/mol. The number of hydrogen-bond acceptors (Lipinski definition) is 3. The van der Waals surface area contributed by atoms with Crippen LogP contribution in [-0.4, -0.2) is 21.3 Å². The highest BCUT2D eigenvalue weighted by Crippen LogP contribution is 2.42. The molecule has 1 fully saturated rings. The molecule has 160 valence electrons. The van der Waals surface area contributed by atoms with Crippen LogP contribution in [0, 0.1) is 0 Å². The molecule has 0 saturated carbocycles. The summed E-state index contributed by atoms with van der Waals surface area (Å²) in [7, 11) is 0. The van der Waals surface area contributed by atoms with Gasteiger partial charge in [0.25, 0.3) is 0 Å². The van der Waals surface area contributed by atoms with Crippen molar-refractivity contribution >= 4 is 23.0 Å². The molecule has 0 spiro atoms. The molecule has 32 heavy (non-hydrogen) atoms. The molecule has 4 aromatic rings. The van der Waals surface area contributed by atoms with E-state index in [-0.39, 0.29) is 12.1 Å². The summed E-state index contributed by atoms with van der Waals surface area (Å²) < 4.78 is 7.86. The predicted octanol–water partition coefficient (Wildman–Crippen LogP) is 5.45. The second-order valence-corrected chi connectivity index (χ2v) is 7.95. The summed E-state index contributed by atoms with van der Waals surface area (Å²) in [6, 6.07) is 28.5. The van der Waals surface area contributed by atoms with E-state index >= 15 is 0 Å². The normalized spacial score (nSPS) is 17.9. The van der Waals surface area contributed by atoms with Gasteiger partial charge in [0.2, 0.25) is 0 Å². The number of para-hydroxylation sites is 1. The first-order chi connectivity index (χ1) is 15.8. The highest BCUT2D eigenvalue weighted by molar-refractivity contribution is 7.80. The third-order valence-corrected chi connectivity index (χ3v) is 5.96. The third kappa shape index (κ3) is 3.74. The topological polar surface area (TPSA) is 42.3 Å². The average Bonchev–Trinajstić information content (AvgIpc) is 3.45. The Morgan fingerprint density at radius 2 is 1.69 bits per heavy atom. The number of hydrogen-bond donors (Lipinski definition) is 1. The van der Waals surface area contributed by atoms with Gasteiger partial charge < -0.3 is 19.5 Å². The van der Waals surface area contributed by atoms with Crippen LogP contribution in [-0.2, 0) is 0 Å². The molecule has 2 aromatic carbocycles. The van der Waals surface area contributed by atoms with E-state index in [4.69, 9.17) is 17.0 Å². The number of benzene rings is 2. The van der Waals surface area contributed by atoms with Crippen molar-refractivity contribution in [2.45, 2.75) is 19.0 Å². The van der Waals surface area contributed by atoms with Crippen molar-refractivity contribution in [2.75, 3.05) is 11.5 Å².